The van der Waals surface area contributed by atoms with Crippen LogP contribution in [0.5, 0.6) is 0 Å². The molecule has 1 N–H and O–H groups in total. The Hall–Kier alpha value is -2.13. The summed E-state index contributed by atoms with van der Waals surface area (Å²) in [6.07, 6.45) is 0. The molecule has 0 aromatic heterocycles. The second kappa shape index (κ2) is 11.0. The maximum Gasteiger partial charge on any atom is 0.328 e. The third kappa shape index (κ3) is 7.47. The normalized spacial score (nSPS) is 16.9. The van der Waals surface area contributed by atoms with Gasteiger partial charge in [0, 0.05) is 44.6 Å². The predicted molar refractivity (Wildman–Crippen MR) is 114 cm³/mol. The Morgan fingerprint density at radius 3 is 2.14 bits per heavy atom. The highest BCUT2D eigenvalue weighted by Crippen LogP contribution is 2.26. The van der Waals surface area contributed by atoms with Gasteiger partial charge in [0.05, 0.1) is 17.8 Å². The summed E-state index contributed by atoms with van der Waals surface area (Å²) in [6, 6.07) is 8.95. The number of hydrogen-bond donors (Lipinski definition) is 1. The molecule has 1 aromatic carbocycles. The van der Waals surface area contributed by atoms with E-state index in [1.165, 1.54) is 0 Å². The Bertz CT molecular complexity index is 687. The molecular weight excluding hydrogens is 376 g/mol. The van der Waals surface area contributed by atoms with Crippen LogP contribution in [-0.2, 0) is 4.79 Å². The average Bonchev–Trinajstić information content (AvgIpc) is 2.92. The molecule has 1 aliphatic heterocycles. The first-order chi connectivity index (χ1) is 13.0. The van der Waals surface area contributed by atoms with E-state index >= 15 is 0 Å². The highest BCUT2D eigenvalue weighted by molar-refractivity contribution is 8.14. The second-order valence-corrected chi connectivity index (χ2v) is 8.23. The first-order valence-corrected chi connectivity index (χ1v) is 10.1. The first-order valence-electron chi connectivity index (χ1n) is 9.20. The van der Waals surface area contributed by atoms with Crippen molar-refractivity contribution < 1.29 is 14.5 Å². The Kier molecular flexibility index (Phi) is 9.40. The minimum atomic E-state index is -1.08. The fraction of sp³-hybridized carbons (Fsp3) is 0.579. The number of carbonyl (C=O) groups excluding carboxylic acids is 1. The number of azo groups is 1. The maximum absolute atomic E-state index is 8.89. The number of carboxylic acids is 1. The lowest BCUT2D eigenvalue weighted by Crippen LogP contribution is -2.40. The molecule has 1 aromatic rings. The zero-order valence-corrected chi connectivity index (χ0v) is 18.8. The highest BCUT2D eigenvalue weighted by atomic mass is 32.2. The highest BCUT2D eigenvalue weighted by Gasteiger charge is 2.36. The van der Waals surface area contributed by atoms with Crippen molar-refractivity contribution in [1.82, 2.24) is 10.4 Å². The fourth-order valence-corrected chi connectivity index (χ4v) is 3.87. The predicted octanol–water partition coefficient (Wildman–Crippen LogP) is 2.24. The van der Waals surface area contributed by atoms with Crippen LogP contribution in [0.2, 0.25) is 0 Å². The van der Waals surface area contributed by atoms with Crippen LogP contribution in [0, 0.1) is 0 Å². The molecule has 0 radical (unpaired) electrons. The number of carbonyl (C=O) groups is 1. The van der Waals surface area contributed by atoms with E-state index in [1.807, 2.05) is 38.3 Å². The number of anilines is 1. The average molecular weight is 409 g/mol. The van der Waals surface area contributed by atoms with E-state index in [0.717, 1.165) is 23.5 Å². The maximum atomic E-state index is 8.89. The van der Waals surface area contributed by atoms with Crippen molar-refractivity contribution in [3.05, 3.63) is 24.3 Å². The minimum Gasteiger partial charge on any atom is -0.550 e. The third-order valence-electron chi connectivity index (χ3n) is 3.81. The second-order valence-electron chi connectivity index (χ2n) is 7.18. The van der Waals surface area contributed by atoms with Crippen molar-refractivity contribution in [3.63, 3.8) is 0 Å². The number of nitrogens with zero attached hydrogens (tertiary/aromatic N) is 5. The largest absolute Gasteiger partial charge is 0.550 e. The number of amidine groups is 1. The number of carboxylic acid groups (broad SMARTS) is 1. The molecule has 1 heterocycles. The zero-order chi connectivity index (χ0) is 21.4. The van der Waals surface area contributed by atoms with Gasteiger partial charge in [-0.3, -0.25) is 4.58 Å². The summed E-state index contributed by atoms with van der Waals surface area (Å²) in [5.74, 6) is -1.08. The van der Waals surface area contributed by atoms with Gasteiger partial charge in [-0.25, -0.2) is 0 Å². The van der Waals surface area contributed by atoms with Gasteiger partial charge in [0.25, 0.3) is 0 Å². The van der Waals surface area contributed by atoms with Gasteiger partial charge in [-0.15, -0.1) is 5.01 Å². The van der Waals surface area contributed by atoms with Crippen LogP contribution in [0.25, 0.3) is 0 Å². The summed E-state index contributed by atoms with van der Waals surface area (Å²) in [4.78, 5) is 11.0. The van der Waals surface area contributed by atoms with E-state index in [1.54, 1.807) is 11.8 Å². The van der Waals surface area contributed by atoms with E-state index in [9.17, 15) is 0 Å². The van der Waals surface area contributed by atoms with Gasteiger partial charge in [0.15, 0.2) is 0 Å². The lowest BCUT2D eigenvalue weighted by atomic mass is 10.3. The number of rotatable bonds is 5. The first kappa shape index (κ1) is 23.9. The topological polar surface area (TPSA) is 86.4 Å². The van der Waals surface area contributed by atoms with Gasteiger partial charge < -0.3 is 14.8 Å². The molecule has 0 spiro atoms. The van der Waals surface area contributed by atoms with Gasteiger partial charge in [-0.1, -0.05) is 0 Å². The number of thioether (sulfide) groups is 1. The van der Waals surface area contributed by atoms with Crippen LogP contribution in [-0.4, -0.2) is 59.4 Å². The lowest BCUT2D eigenvalue weighted by molar-refractivity contribution is -0.587. The van der Waals surface area contributed by atoms with Gasteiger partial charge in [-0.05, 0) is 58.9 Å². The number of benzene rings is 1. The molecule has 156 valence electrons. The molecule has 8 nitrogen and oxygen atoms in total. The molecule has 1 saturated heterocycles. The zero-order valence-electron chi connectivity index (χ0n) is 18.0. The molecule has 1 aliphatic rings. The van der Waals surface area contributed by atoms with E-state index in [0.29, 0.717) is 12.1 Å². The molecule has 0 aliphatic carbocycles. The molecule has 1 unspecified atom stereocenters. The summed E-state index contributed by atoms with van der Waals surface area (Å²) >= 11 is 1.70. The van der Waals surface area contributed by atoms with Crippen molar-refractivity contribution in [2.45, 2.75) is 52.2 Å². The Morgan fingerprint density at radius 1 is 1.21 bits per heavy atom. The fourth-order valence-electron chi connectivity index (χ4n) is 2.63. The van der Waals surface area contributed by atoms with Crippen molar-refractivity contribution in [2.75, 3.05) is 26.0 Å². The molecule has 9 heteroatoms. The van der Waals surface area contributed by atoms with Crippen LogP contribution >= 0.6 is 11.8 Å². The molecular formula is C19H32N6O2S. The van der Waals surface area contributed by atoms with Crippen LogP contribution < -0.4 is 15.4 Å². The van der Waals surface area contributed by atoms with Crippen LogP contribution in [0.4, 0.5) is 11.4 Å². The summed E-state index contributed by atoms with van der Waals surface area (Å²) in [5, 5.41) is 20.9. The quantitative estimate of drug-likeness (QED) is 0.594. The van der Waals surface area contributed by atoms with Crippen LogP contribution in [0.3, 0.4) is 0 Å². The number of nitrogens with one attached hydrogen (secondary N) is 1. The molecule has 0 saturated carbocycles. The molecule has 0 amide bonds. The monoisotopic (exact) mass is 408 g/mol. The summed E-state index contributed by atoms with van der Waals surface area (Å²) in [5.41, 5.74) is 5.37. The number of hydrazine groups is 1. The van der Waals surface area contributed by atoms with Crippen LogP contribution in [0.15, 0.2) is 34.5 Å². The molecule has 0 bridgehead atoms. The van der Waals surface area contributed by atoms with Crippen molar-refractivity contribution in [1.29, 1.82) is 0 Å². The van der Waals surface area contributed by atoms with Crippen molar-refractivity contribution in [3.8, 4) is 0 Å². The molecule has 2 rings (SSSR count). The van der Waals surface area contributed by atoms with E-state index in [4.69, 9.17) is 9.90 Å². The molecule has 1 atom stereocenters. The Balaban J connectivity index is 0.000000892. The van der Waals surface area contributed by atoms with Gasteiger partial charge in [0.2, 0.25) is 5.50 Å². The summed E-state index contributed by atoms with van der Waals surface area (Å²) < 4.78 is 2.36. The van der Waals surface area contributed by atoms with Crippen molar-refractivity contribution >= 4 is 34.3 Å². The lowest BCUT2D eigenvalue weighted by Gasteiger charge is -2.16. The summed E-state index contributed by atoms with van der Waals surface area (Å²) in [6.45, 7) is 9.79. The molecule has 28 heavy (non-hydrogen) atoms. The van der Waals surface area contributed by atoms with Gasteiger partial charge in [0.1, 0.15) is 0 Å². The van der Waals surface area contributed by atoms with E-state index in [-0.39, 0.29) is 5.50 Å². The SMILES string of the molecule is CC(=O)[O-].CC(C)[N+](=C1NN(C)C(N=Nc2ccc(N(C)C)cc2)S1)C(C)C. The third-order valence-corrected chi connectivity index (χ3v) is 4.95. The standard InChI is InChI=1S/C17H28N6S.C2H4O2/c1-12(2)23(13(3)4)17-20-22(7)16(24-17)19-18-14-8-10-15(11-9-14)21(5)6;1-2(3)4/h8-13,16H,1-7H3;1H3,(H,3,4). The number of aliphatic carboxylic acids is 1. The Morgan fingerprint density at radius 2 is 1.71 bits per heavy atom. The molecule has 1 fully saturated rings. The van der Waals surface area contributed by atoms with E-state index in [2.05, 4.69) is 65.0 Å². The van der Waals surface area contributed by atoms with Gasteiger partial charge >= 0.3 is 5.17 Å². The Labute approximate surface area is 172 Å². The smallest absolute Gasteiger partial charge is 0.328 e. The van der Waals surface area contributed by atoms with Crippen LogP contribution in [0.1, 0.15) is 34.6 Å². The minimum absolute atomic E-state index is 0.0616. The van der Waals surface area contributed by atoms with E-state index < -0.39 is 5.97 Å². The van der Waals surface area contributed by atoms with Crippen molar-refractivity contribution in [2.24, 2.45) is 10.2 Å². The number of hydrogen-bond acceptors (Lipinski definition) is 7. The van der Waals surface area contributed by atoms with Gasteiger partial charge in [-0.2, -0.15) is 15.7 Å². The summed E-state index contributed by atoms with van der Waals surface area (Å²) in [7, 11) is 6.05.